The van der Waals surface area contributed by atoms with Gasteiger partial charge in [-0.05, 0) is 54.1 Å². The summed E-state index contributed by atoms with van der Waals surface area (Å²) in [5.74, 6) is 1.34. The predicted octanol–water partition coefficient (Wildman–Crippen LogP) is 5.55. The number of pyridine rings is 2. The summed E-state index contributed by atoms with van der Waals surface area (Å²) in [5.41, 5.74) is 2.18. The van der Waals surface area contributed by atoms with E-state index in [9.17, 15) is 4.79 Å². The molecule has 4 rings (SSSR count). The summed E-state index contributed by atoms with van der Waals surface area (Å²) in [6, 6.07) is 19.6. The van der Waals surface area contributed by atoms with Gasteiger partial charge in [-0.1, -0.05) is 29.8 Å². The largest absolute Gasteiger partial charge is 0.493 e. The molecule has 0 aliphatic carbocycles. The molecule has 1 N–H and O–H groups in total. The van der Waals surface area contributed by atoms with Gasteiger partial charge in [0, 0.05) is 34.7 Å². The van der Waals surface area contributed by atoms with E-state index in [1.54, 1.807) is 55.0 Å². The highest BCUT2D eigenvalue weighted by Crippen LogP contribution is 2.30. The van der Waals surface area contributed by atoms with Crippen LogP contribution in [0.15, 0.2) is 85.3 Å². The number of nitrogens with zero attached hydrogens (tertiary/aromatic N) is 2. The van der Waals surface area contributed by atoms with Crippen LogP contribution in [0, 0.1) is 0 Å². The van der Waals surface area contributed by atoms with Crippen molar-refractivity contribution in [2.75, 3.05) is 12.4 Å². The molecule has 0 atom stereocenters. The molecule has 1 amide bonds. The number of aromatic nitrogens is 2. The van der Waals surface area contributed by atoms with Crippen LogP contribution in [0.25, 0.3) is 0 Å². The number of ether oxygens (including phenoxy) is 3. The van der Waals surface area contributed by atoms with Gasteiger partial charge in [-0.15, -0.1) is 0 Å². The molecule has 172 valence electrons. The Balaban J connectivity index is 1.44. The number of methoxy groups -OCH3 is 1. The first-order valence-electron chi connectivity index (χ1n) is 10.5. The minimum atomic E-state index is -0.358. The lowest BCUT2D eigenvalue weighted by Gasteiger charge is -2.14. The van der Waals surface area contributed by atoms with E-state index < -0.39 is 0 Å². The Kier molecular flexibility index (Phi) is 7.57. The number of amides is 1. The summed E-state index contributed by atoms with van der Waals surface area (Å²) in [7, 11) is 1.52. The minimum Gasteiger partial charge on any atom is -0.493 e. The van der Waals surface area contributed by atoms with Crippen LogP contribution in [-0.4, -0.2) is 23.0 Å². The Morgan fingerprint density at radius 2 is 1.68 bits per heavy atom. The monoisotopic (exact) mass is 475 g/mol. The fourth-order valence-corrected chi connectivity index (χ4v) is 3.31. The molecule has 0 saturated carbocycles. The SMILES string of the molecule is COc1cc(C(=O)Nc2ncccc2OCc2ccncc2)ccc1OCc1ccccc1Cl. The molecular formula is C26H22ClN3O4. The maximum atomic E-state index is 12.9. The third kappa shape index (κ3) is 5.82. The van der Waals surface area contributed by atoms with Gasteiger partial charge in [0.1, 0.15) is 13.2 Å². The Bertz CT molecular complexity index is 1270. The standard InChI is InChI=1S/C26H22ClN3O4/c1-32-24-15-19(8-9-22(24)34-17-20-5-2-3-6-21(20)27)26(31)30-25-23(7-4-12-29-25)33-16-18-10-13-28-14-11-18/h2-15H,16-17H2,1H3,(H,29,30,31). The first-order valence-corrected chi connectivity index (χ1v) is 10.8. The zero-order chi connectivity index (χ0) is 23.8. The summed E-state index contributed by atoms with van der Waals surface area (Å²) < 4.78 is 17.1. The van der Waals surface area contributed by atoms with Crippen LogP contribution in [0.3, 0.4) is 0 Å². The third-order valence-corrected chi connectivity index (χ3v) is 5.28. The molecule has 7 nitrogen and oxygen atoms in total. The number of rotatable bonds is 9. The Labute approximate surface area is 202 Å². The first-order chi connectivity index (χ1) is 16.6. The second-order valence-electron chi connectivity index (χ2n) is 7.19. The zero-order valence-electron chi connectivity index (χ0n) is 18.4. The molecule has 2 aromatic heterocycles. The molecular weight excluding hydrogens is 454 g/mol. The smallest absolute Gasteiger partial charge is 0.257 e. The van der Waals surface area contributed by atoms with Gasteiger partial charge < -0.3 is 19.5 Å². The normalized spacial score (nSPS) is 10.4. The first kappa shape index (κ1) is 23.1. The van der Waals surface area contributed by atoms with Crippen LogP contribution >= 0.6 is 11.6 Å². The van der Waals surface area contributed by atoms with E-state index in [4.69, 9.17) is 25.8 Å². The van der Waals surface area contributed by atoms with Crippen molar-refractivity contribution in [1.82, 2.24) is 9.97 Å². The Hall–Kier alpha value is -4.10. The van der Waals surface area contributed by atoms with Gasteiger partial charge in [0.05, 0.1) is 7.11 Å². The lowest BCUT2D eigenvalue weighted by Crippen LogP contribution is -2.14. The summed E-state index contributed by atoms with van der Waals surface area (Å²) in [4.78, 5) is 21.2. The average molecular weight is 476 g/mol. The van der Waals surface area contributed by atoms with E-state index in [0.29, 0.717) is 40.3 Å². The number of hydrogen-bond donors (Lipinski definition) is 1. The molecule has 2 aromatic carbocycles. The molecule has 0 aliphatic rings. The van der Waals surface area contributed by atoms with Crippen LogP contribution < -0.4 is 19.5 Å². The van der Waals surface area contributed by atoms with Crippen LogP contribution in [-0.2, 0) is 13.2 Å². The van der Waals surface area contributed by atoms with Gasteiger partial charge in [0.25, 0.3) is 5.91 Å². The highest BCUT2D eigenvalue weighted by Gasteiger charge is 2.15. The number of nitrogens with one attached hydrogen (secondary N) is 1. The highest BCUT2D eigenvalue weighted by molar-refractivity contribution is 6.31. The van der Waals surface area contributed by atoms with E-state index >= 15 is 0 Å². The molecule has 4 aromatic rings. The maximum absolute atomic E-state index is 12.9. The van der Waals surface area contributed by atoms with Gasteiger partial charge in [-0.2, -0.15) is 0 Å². The van der Waals surface area contributed by atoms with Crippen molar-refractivity contribution in [3.05, 3.63) is 107 Å². The van der Waals surface area contributed by atoms with Crippen molar-refractivity contribution in [2.45, 2.75) is 13.2 Å². The molecule has 0 aliphatic heterocycles. The number of benzene rings is 2. The number of carbonyl (C=O) groups is 1. The van der Waals surface area contributed by atoms with Gasteiger partial charge in [0.2, 0.25) is 0 Å². The van der Waals surface area contributed by atoms with E-state index in [-0.39, 0.29) is 12.5 Å². The van der Waals surface area contributed by atoms with Crippen molar-refractivity contribution in [2.24, 2.45) is 0 Å². The summed E-state index contributed by atoms with van der Waals surface area (Å²) in [6.45, 7) is 0.593. The summed E-state index contributed by atoms with van der Waals surface area (Å²) in [6.07, 6.45) is 4.97. The maximum Gasteiger partial charge on any atom is 0.257 e. The number of carbonyl (C=O) groups excluding carboxylic acids is 1. The number of hydrogen-bond acceptors (Lipinski definition) is 6. The van der Waals surface area contributed by atoms with Gasteiger partial charge >= 0.3 is 0 Å². The third-order valence-electron chi connectivity index (χ3n) is 4.91. The molecule has 8 heteroatoms. The fraction of sp³-hybridized carbons (Fsp3) is 0.115. The minimum absolute atomic E-state index is 0.272. The molecule has 0 saturated heterocycles. The lowest BCUT2D eigenvalue weighted by molar-refractivity contribution is 0.102. The van der Waals surface area contributed by atoms with E-state index in [2.05, 4.69) is 15.3 Å². The van der Waals surface area contributed by atoms with E-state index in [0.717, 1.165) is 11.1 Å². The van der Waals surface area contributed by atoms with Crippen molar-refractivity contribution >= 4 is 23.3 Å². The topological polar surface area (TPSA) is 82.6 Å². The summed E-state index contributed by atoms with van der Waals surface area (Å²) in [5, 5.41) is 3.42. The van der Waals surface area contributed by atoms with Gasteiger partial charge in [-0.3, -0.25) is 9.78 Å². The molecule has 0 bridgehead atoms. The van der Waals surface area contributed by atoms with Crippen LogP contribution in [0.1, 0.15) is 21.5 Å². The Morgan fingerprint density at radius 3 is 2.47 bits per heavy atom. The molecule has 0 spiro atoms. The van der Waals surface area contributed by atoms with E-state index in [1.165, 1.54) is 7.11 Å². The number of anilines is 1. The molecule has 34 heavy (non-hydrogen) atoms. The highest BCUT2D eigenvalue weighted by atomic mass is 35.5. The molecule has 2 heterocycles. The van der Waals surface area contributed by atoms with E-state index in [1.807, 2.05) is 30.3 Å². The van der Waals surface area contributed by atoms with Crippen molar-refractivity contribution in [1.29, 1.82) is 0 Å². The Morgan fingerprint density at radius 1 is 0.882 bits per heavy atom. The van der Waals surface area contributed by atoms with Crippen molar-refractivity contribution < 1.29 is 19.0 Å². The van der Waals surface area contributed by atoms with Gasteiger partial charge in [-0.25, -0.2) is 4.98 Å². The predicted molar refractivity (Wildman–Crippen MR) is 130 cm³/mol. The molecule has 0 fully saturated rings. The van der Waals surface area contributed by atoms with Gasteiger partial charge in [0.15, 0.2) is 23.1 Å². The molecule has 0 unspecified atom stereocenters. The second-order valence-corrected chi connectivity index (χ2v) is 7.60. The van der Waals surface area contributed by atoms with Crippen LogP contribution in [0.4, 0.5) is 5.82 Å². The second kappa shape index (κ2) is 11.2. The fourth-order valence-electron chi connectivity index (χ4n) is 3.12. The number of halogens is 1. The van der Waals surface area contributed by atoms with Crippen LogP contribution in [0.2, 0.25) is 5.02 Å². The lowest BCUT2D eigenvalue weighted by atomic mass is 10.2. The van der Waals surface area contributed by atoms with Crippen molar-refractivity contribution in [3.63, 3.8) is 0 Å². The average Bonchev–Trinajstić information content (AvgIpc) is 2.88. The quantitative estimate of drug-likeness (QED) is 0.342. The van der Waals surface area contributed by atoms with Crippen molar-refractivity contribution in [3.8, 4) is 17.2 Å². The zero-order valence-corrected chi connectivity index (χ0v) is 19.2. The summed E-state index contributed by atoms with van der Waals surface area (Å²) >= 11 is 6.19. The molecule has 0 radical (unpaired) electrons. The van der Waals surface area contributed by atoms with Crippen LogP contribution in [0.5, 0.6) is 17.2 Å².